The summed E-state index contributed by atoms with van der Waals surface area (Å²) in [6.07, 6.45) is 3.42. The van der Waals surface area contributed by atoms with E-state index in [1.54, 1.807) is 24.3 Å². The highest BCUT2D eigenvalue weighted by atomic mass is 35.5. The van der Waals surface area contributed by atoms with Gasteiger partial charge in [-0.05, 0) is 63.2 Å². The summed E-state index contributed by atoms with van der Waals surface area (Å²) < 4.78 is 24.4. The Balaban J connectivity index is 0.000000278. The van der Waals surface area contributed by atoms with E-state index >= 15 is 0 Å². The quantitative estimate of drug-likeness (QED) is 0.472. The summed E-state index contributed by atoms with van der Waals surface area (Å²) in [6, 6.07) is 9.35. The van der Waals surface area contributed by atoms with Crippen molar-refractivity contribution in [3.05, 3.63) is 64.3 Å². The van der Waals surface area contributed by atoms with Crippen molar-refractivity contribution in [1.82, 2.24) is 25.3 Å². The first-order valence-corrected chi connectivity index (χ1v) is 12.6. The Morgan fingerprint density at radius 3 is 2.74 bits per heavy atom. The van der Waals surface area contributed by atoms with Crippen LogP contribution in [0.1, 0.15) is 41.1 Å². The lowest BCUT2D eigenvalue weighted by Crippen LogP contribution is -2.37. The molecule has 0 bridgehead atoms. The van der Waals surface area contributed by atoms with Crippen LogP contribution >= 0.6 is 11.6 Å². The van der Waals surface area contributed by atoms with Crippen molar-refractivity contribution in [2.24, 2.45) is 0 Å². The van der Waals surface area contributed by atoms with Gasteiger partial charge in [0.15, 0.2) is 0 Å². The first kappa shape index (κ1) is 27.3. The lowest BCUT2D eigenvalue weighted by atomic mass is 10.0. The summed E-state index contributed by atoms with van der Waals surface area (Å²) in [5, 5.41) is 17.2. The number of benzene rings is 2. The number of amides is 2. The van der Waals surface area contributed by atoms with Crippen LogP contribution in [0.5, 0.6) is 5.75 Å². The highest BCUT2D eigenvalue weighted by molar-refractivity contribution is 6.30. The van der Waals surface area contributed by atoms with Gasteiger partial charge in [-0.1, -0.05) is 28.9 Å². The number of carbonyl (C=O) groups excluding carboxylic acids is 2. The predicted molar refractivity (Wildman–Crippen MR) is 137 cm³/mol. The van der Waals surface area contributed by atoms with E-state index < -0.39 is 11.7 Å². The van der Waals surface area contributed by atoms with Crippen molar-refractivity contribution in [2.75, 3.05) is 27.2 Å². The maximum atomic E-state index is 14.5. The first-order chi connectivity index (χ1) is 18.2. The Hall–Kier alpha value is -3.70. The van der Waals surface area contributed by atoms with Gasteiger partial charge in [0.2, 0.25) is 11.7 Å². The van der Waals surface area contributed by atoms with E-state index in [2.05, 4.69) is 15.5 Å². The van der Waals surface area contributed by atoms with Crippen molar-refractivity contribution >= 4 is 23.6 Å². The molecule has 0 spiro atoms. The van der Waals surface area contributed by atoms with Crippen LogP contribution in [0.25, 0.3) is 11.4 Å². The van der Waals surface area contributed by atoms with Gasteiger partial charge in [-0.15, -0.1) is 0 Å². The molecule has 0 aliphatic carbocycles. The number of halogens is 2. The summed E-state index contributed by atoms with van der Waals surface area (Å²) >= 11 is 5.82. The molecule has 3 heterocycles. The number of ether oxygens (including phenoxy) is 1. The number of carbonyl (C=O) groups is 2. The topological polar surface area (TPSA) is 121 Å². The second-order valence-electron chi connectivity index (χ2n) is 9.33. The van der Waals surface area contributed by atoms with Crippen molar-refractivity contribution in [2.45, 2.75) is 38.4 Å². The Morgan fingerprint density at radius 1 is 1.26 bits per heavy atom. The smallest absolute Gasteiger partial charge is 0.410 e. The van der Waals surface area contributed by atoms with Gasteiger partial charge in [-0.3, -0.25) is 4.79 Å². The molecule has 2 fully saturated rings. The number of hydrogen-bond donors (Lipinski definition) is 2. The van der Waals surface area contributed by atoms with E-state index in [4.69, 9.17) is 20.9 Å². The number of nitrogens with one attached hydrogen (secondary N) is 1. The SMILES string of the molecule is CN(C)Cc1nc(-c2cc(F)c(C(=O)NCc3ccc(Cl)cc3)cc2O)no1.O=C1OCC2CCCCN12. The summed E-state index contributed by atoms with van der Waals surface area (Å²) in [5.41, 5.74) is 0.562. The van der Waals surface area contributed by atoms with Gasteiger partial charge >= 0.3 is 6.09 Å². The fourth-order valence-electron chi connectivity index (χ4n) is 4.16. The second-order valence-corrected chi connectivity index (χ2v) is 9.76. The molecule has 3 aromatic rings. The molecule has 2 aliphatic heterocycles. The number of phenols is 1. The molecule has 10 nitrogen and oxygen atoms in total. The maximum absolute atomic E-state index is 14.5. The molecule has 1 unspecified atom stereocenters. The van der Waals surface area contributed by atoms with Crippen LogP contribution in [-0.2, 0) is 17.8 Å². The molecule has 2 aromatic carbocycles. The van der Waals surface area contributed by atoms with Crippen LogP contribution < -0.4 is 5.32 Å². The highest BCUT2D eigenvalue weighted by Crippen LogP contribution is 2.30. The number of aromatic nitrogens is 2. The van der Waals surface area contributed by atoms with E-state index in [0.717, 1.165) is 37.1 Å². The van der Waals surface area contributed by atoms with Crippen LogP contribution in [0.4, 0.5) is 9.18 Å². The largest absolute Gasteiger partial charge is 0.507 e. The van der Waals surface area contributed by atoms with Gasteiger partial charge in [-0.25, -0.2) is 9.18 Å². The molecule has 202 valence electrons. The fourth-order valence-corrected chi connectivity index (χ4v) is 4.28. The van der Waals surface area contributed by atoms with Gasteiger partial charge < -0.3 is 29.5 Å². The third-order valence-corrected chi connectivity index (χ3v) is 6.37. The summed E-state index contributed by atoms with van der Waals surface area (Å²) in [5.74, 6) is -1.42. The number of phenolic OH excluding ortho intramolecular Hbond substituents is 1. The lowest BCUT2D eigenvalue weighted by molar-refractivity contribution is 0.0946. The zero-order valence-electron chi connectivity index (χ0n) is 21.1. The molecule has 38 heavy (non-hydrogen) atoms. The highest BCUT2D eigenvalue weighted by Gasteiger charge is 2.34. The van der Waals surface area contributed by atoms with Gasteiger partial charge in [0, 0.05) is 18.1 Å². The van der Waals surface area contributed by atoms with Crippen LogP contribution in [0.3, 0.4) is 0 Å². The molecule has 0 radical (unpaired) electrons. The molecule has 5 rings (SSSR count). The Bertz CT molecular complexity index is 1280. The minimum Gasteiger partial charge on any atom is -0.507 e. The number of fused-ring (bicyclic) bond motifs is 1. The van der Waals surface area contributed by atoms with Gasteiger partial charge in [0.05, 0.1) is 23.7 Å². The molecule has 2 aliphatic rings. The number of aromatic hydroxyl groups is 1. The number of cyclic esters (lactones) is 1. The maximum Gasteiger partial charge on any atom is 0.410 e. The molecular formula is C26H29ClFN5O5. The zero-order chi connectivity index (χ0) is 27.2. The Morgan fingerprint density at radius 2 is 2.03 bits per heavy atom. The number of piperidine rings is 1. The third kappa shape index (κ3) is 6.78. The Labute approximate surface area is 224 Å². The van der Waals surface area contributed by atoms with E-state index in [-0.39, 0.29) is 35.3 Å². The van der Waals surface area contributed by atoms with Gasteiger partial charge in [0.1, 0.15) is 18.2 Å². The van der Waals surface area contributed by atoms with Crippen LogP contribution in [-0.4, -0.2) is 70.3 Å². The average molecular weight is 546 g/mol. The second kappa shape index (κ2) is 12.2. The molecule has 2 amide bonds. The molecule has 2 saturated heterocycles. The minimum atomic E-state index is -0.805. The Kier molecular flexibility index (Phi) is 8.80. The van der Waals surface area contributed by atoms with E-state index in [1.165, 1.54) is 6.42 Å². The monoisotopic (exact) mass is 545 g/mol. The van der Waals surface area contributed by atoms with E-state index in [9.17, 15) is 19.1 Å². The summed E-state index contributed by atoms with van der Waals surface area (Å²) in [6.45, 7) is 2.13. The predicted octanol–water partition coefficient (Wildman–Crippen LogP) is 4.22. The standard InChI is InChI=1S/C19H18ClFN4O3.C7H11NO2/c1-25(2)10-17-23-18(24-28-17)14-7-15(21)13(8-16(14)26)19(27)22-9-11-3-5-12(20)6-4-11;9-7-8-4-2-1-3-6(8)5-10-7/h3-8,26H,9-10H2,1-2H3,(H,22,27);6H,1-5H2. The van der Waals surface area contributed by atoms with E-state index in [0.29, 0.717) is 30.1 Å². The molecular weight excluding hydrogens is 517 g/mol. The average Bonchev–Trinajstić information content (AvgIpc) is 3.51. The lowest BCUT2D eigenvalue weighted by Gasteiger charge is -2.25. The van der Waals surface area contributed by atoms with Crippen molar-refractivity contribution in [3.8, 4) is 17.1 Å². The first-order valence-electron chi connectivity index (χ1n) is 12.2. The van der Waals surface area contributed by atoms with Crippen LogP contribution in [0.15, 0.2) is 40.9 Å². The number of nitrogens with zero attached hydrogens (tertiary/aromatic N) is 4. The van der Waals surface area contributed by atoms with Crippen molar-refractivity contribution in [1.29, 1.82) is 0 Å². The van der Waals surface area contributed by atoms with Gasteiger partial charge in [0.25, 0.3) is 5.91 Å². The molecule has 12 heteroatoms. The number of hydrogen-bond acceptors (Lipinski definition) is 8. The van der Waals surface area contributed by atoms with E-state index in [1.807, 2.05) is 23.9 Å². The molecule has 1 atom stereocenters. The molecule has 0 saturated carbocycles. The third-order valence-electron chi connectivity index (χ3n) is 6.12. The summed E-state index contributed by atoms with van der Waals surface area (Å²) in [4.78, 5) is 31.0. The zero-order valence-corrected chi connectivity index (χ0v) is 21.9. The normalized spacial score (nSPS) is 16.5. The molecule has 2 N–H and O–H groups in total. The molecule has 1 aromatic heterocycles. The van der Waals surface area contributed by atoms with Crippen molar-refractivity contribution < 1.29 is 28.3 Å². The number of rotatable bonds is 6. The fraction of sp³-hybridized carbons (Fsp3) is 0.385. The summed E-state index contributed by atoms with van der Waals surface area (Å²) in [7, 11) is 3.66. The van der Waals surface area contributed by atoms with Crippen LogP contribution in [0.2, 0.25) is 5.02 Å². The van der Waals surface area contributed by atoms with Gasteiger partial charge in [-0.2, -0.15) is 4.98 Å². The minimum absolute atomic E-state index is 0.0421. The van der Waals surface area contributed by atoms with Crippen LogP contribution in [0, 0.1) is 5.82 Å². The van der Waals surface area contributed by atoms with Crippen molar-refractivity contribution in [3.63, 3.8) is 0 Å².